The number of methoxy groups -OCH3 is 1. The van der Waals surface area contributed by atoms with Gasteiger partial charge in [0, 0.05) is 14.2 Å². The number of ether oxygens (including phenoxy) is 1. The molecule has 0 bridgehead atoms. The molecule has 1 rings (SSSR count). The maximum absolute atomic E-state index is 4.25. The van der Waals surface area contributed by atoms with Crippen LogP contribution in [0.4, 0.5) is 0 Å². The standard InChI is InChI=1S/C10H10.C2H6O/c1-3-9-7-5-6-8-10(9)4-2;1-3-2/h3-8H,1-2H2;1-2H3. The molecular weight excluding hydrogens is 160 g/mol. The third kappa shape index (κ3) is 4.28. The second-order valence-electron chi connectivity index (χ2n) is 2.45. The molecule has 1 aromatic rings. The molecule has 13 heavy (non-hydrogen) atoms. The Morgan fingerprint density at radius 1 is 1.00 bits per heavy atom. The Hall–Kier alpha value is -1.34. The Morgan fingerprint density at radius 2 is 1.31 bits per heavy atom. The highest BCUT2D eigenvalue weighted by atomic mass is 16.4. The highest BCUT2D eigenvalue weighted by molar-refractivity contribution is 5.63. The number of hydrogen-bond acceptors (Lipinski definition) is 1. The van der Waals surface area contributed by atoms with Crippen LogP contribution in [0.3, 0.4) is 0 Å². The molecule has 0 unspecified atom stereocenters. The summed E-state index contributed by atoms with van der Waals surface area (Å²) in [7, 11) is 3.25. The van der Waals surface area contributed by atoms with Gasteiger partial charge in [0.05, 0.1) is 0 Å². The van der Waals surface area contributed by atoms with E-state index in [0.717, 1.165) is 11.1 Å². The lowest BCUT2D eigenvalue weighted by molar-refractivity contribution is 0.277. The summed E-state index contributed by atoms with van der Waals surface area (Å²) in [5.74, 6) is 0. The van der Waals surface area contributed by atoms with E-state index >= 15 is 0 Å². The van der Waals surface area contributed by atoms with Gasteiger partial charge in [-0.1, -0.05) is 49.6 Å². The molecule has 0 saturated carbocycles. The summed E-state index contributed by atoms with van der Waals surface area (Å²) < 4.78 is 4.25. The van der Waals surface area contributed by atoms with E-state index < -0.39 is 0 Å². The normalized spacial score (nSPS) is 8.15. The summed E-state index contributed by atoms with van der Waals surface area (Å²) in [6.07, 6.45) is 3.66. The second-order valence-corrected chi connectivity index (χ2v) is 2.45. The molecule has 0 atom stereocenters. The maximum Gasteiger partial charge on any atom is 0.0351 e. The van der Waals surface area contributed by atoms with Gasteiger partial charge in [-0.25, -0.2) is 0 Å². The molecule has 0 fully saturated rings. The fourth-order valence-corrected chi connectivity index (χ4v) is 0.883. The number of hydrogen-bond donors (Lipinski definition) is 0. The van der Waals surface area contributed by atoms with E-state index in [1.807, 2.05) is 36.4 Å². The zero-order valence-corrected chi connectivity index (χ0v) is 8.29. The van der Waals surface area contributed by atoms with Crippen LogP contribution in [0.25, 0.3) is 12.2 Å². The first kappa shape index (κ1) is 11.7. The Kier molecular flexibility index (Phi) is 6.56. The third-order valence-electron chi connectivity index (χ3n) is 1.44. The minimum Gasteiger partial charge on any atom is -0.388 e. The molecular formula is C12H16O. The van der Waals surface area contributed by atoms with Gasteiger partial charge in [-0.3, -0.25) is 0 Å². The average molecular weight is 176 g/mol. The Bertz CT molecular complexity index is 237. The number of rotatable bonds is 2. The smallest absolute Gasteiger partial charge is 0.0351 e. The molecule has 0 heterocycles. The van der Waals surface area contributed by atoms with Gasteiger partial charge >= 0.3 is 0 Å². The minimum absolute atomic E-state index is 1.14. The fourth-order valence-electron chi connectivity index (χ4n) is 0.883. The third-order valence-corrected chi connectivity index (χ3v) is 1.44. The average Bonchev–Trinajstić information content (AvgIpc) is 2.19. The van der Waals surface area contributed by atoms with Gasteiger partial charge in [-0.2, -0.15) is 0 Å². The molecule has 0 saturated heterocycles. The Balaban J connectivity index is 0.000000424. The maximum atomic E-state index is 4.25. The monoisotopic (exact) mass is 176 g/mol. The quantitative estimate of drug-likeness (QED) is 0.672. The Morgan fingerprint density at radius 3 is 1.54 bits per heavy atom. The summed E-state index contributed by atoms with van der Waals surface area (Å²) in [5.41, 5.74) is 2.27. The van der Waals surface area contributed by atoms with Crippen LogP contribution >= 0.6 is 0 Å². The van der Waals surface area contributed by atoms with Crippen LogP contribution in [0.1, 0.15) is 11.1 Å². The molecule has 1 aromatic carbocycles. The van der Waals surface area contributed by atoms with E-state index in [0.29, 0.717) is 0 Å². The van der Waals surface area contributed by atoms with E-state index in [1.54, 1.807) is 14.2 Å². The summed E-state index contributed by atoms with van der Waals surface area (Å²) in [6, 6.07) is 8.02. The van der Waals surface area contributed by atoms with Gasteiger partial charge in [0.2, 0.25) is 0 Å². The van der Waals surface area contributed by atoms with Gasteiger partial charge < -0.3 is 4.74 Å². The molecule has 1 heteroatoms. The molecule has 0 aliphatic rings. The first-order chi connectivity index (χ1) is 6.29. The van der Waals surface area contributed by atoms with Crippen LogP contribution in [0, 0.1) is 0 Å². The van der Waals surface area contributed by atoms with Crippen molar-refractivity contribution in [1.82, 2.24) is 0 Å². The summed E-state index contributed by atoms with van der Waals surface area (Å²) in [5, 5.41) is 0. The zero-order chi connectivity index (χ0) is 10.1. The highest BCUT2D eigenvalue weighted by Crippen LogP contribution is 2.10. The van der Waals surface area contributed by atoms with Crippen molar-refractivity contribution in [2.24, 2.45) is 0 Å². The van der Waals surface area contributed by atoms with E-state index in [-0.39, 0.29) is 0 Å². The van der Waals surface area contributed by atoms with Crippen LogP contribution in [0.2, 0.25) is 0 Å². The van der Waals surface area contributed by atoms with Gasteiger partial charge in [0.15, 0.2) is 0 Å². The lowest BCUT2D eigenvalue weighted by atomic mass is 10.1. The van der Waals surface area contributed by atoms with Crippen LogP contribution in [-0.4, -0.2) is 14.2 Å². The number of benzene rings is 1. The van der Waals surface area contributed by atoms with Crippen molar-refractivity contribution >= 4 is 12.2 Å². The SMILES string of the molecule is C=Cc1ccccc1C=C.COC. The predicted molar refractivity (Wildman–Crippen MR) is 59.6 cm³/mol. The van der Waals surface area contributed by atoms with Gasteiger partial charge in [0.25, 0.3) is 0 Å². The van der Waals surface area contributed by atoms with Gasteiger partial charge in [0.1, 0.15) is 0 Å². The molecule has 0 spiro atoms. The molecule has 0 aliphatic carbocycles. The summed E-state index contributed by atoms with van der Waals surface area (Å²) in [6.45, 7) is 7.38. The van der Waals surface area contributed by atoms with Crippen LogP contribution in [0.5, 0.6) is 0 Å². The first-order valence-corrected chi connectivity index (χ1v) is 4.04. The van der Waals surface area contributed by atoms with Crippen LogP contribution < -0.4 is 0 Å². The molecule has 1 nitrogen and oxygen atoms in total. The fraction of sp³-hybridized carbons (Fsp3) is 0.167. The highest BCUT2D eigenvalue weighted by Gasteiger charge is 1.89. The summed E-state index contributed by atoms with van der Waals surface area (Å²) >= 11 is 0. The van der Waals surface area contributed by atoms with E-state index in [4.69, 9.17) is 0 Å². The van der Waals surface area contributed by atoms with E-state index in [1.165, 1.54) is 0 Å². The van der Waals surface area contributed by atoms with E-state index in [2.05, 4.69) is 17.9 Å². The topological polar surface area (TPSA) is 9.23 Å². The lowest BCUT2D eigenvalue weighted by Gasteiger charge is -1.96. The molecule has 0 radical (unpaired) electrons. The minimum atomic E-state index is 1.14. The molecule has 0 aliphatic heterocycles. The van der Waals surface area contributed by atoms with Crippen LogP contribution in [-0.2, 0) is 4.74 Å². The molecule has 70 valence electrons. The molecule has 0 aromatic heterocycles. The predicted octanol–water partition coefficient (Wildman–Crippen LogP) is 3.24. The van der Waals surface area contributed by atoms with Crippen molar-refractivity contribution < 1.29 is 4.74 Å². The summed E-state index contributed by atoms with van der Waals surface area (Å²) in [4.78, 5) is 0. The van der Waals surface area contributed by atoms with Crippen molar-refractivity contribution in [3.63, 3.8) is 0 Å². The van der Waals surface area contributed by atoms with Gasteiger partial charge in [-0.05, 0) is 11.1 Å². The zero-order valence-electron chi connectivity index (χ0n) is 8.29. The van der Waals surface area contributed by atoms with Crippen molar-refractivity contribution in [1.29, 1.82) is 0 Å². The second kappa shape index (κ2) is 7.32. The largest absolute Gasteiger partial charge is 0.388 e. The first-order valence-electron chi connectivity index (χ1n) is 4.04. The van der Waals surface area contributed by atoms with Crippen molar-refractivity contribution in [2.45, 2.75) is 0 Å². The molecule has 0 N–H and O–H groups in total. The van der Waals surface area contributed by atoms with Crippen LogP contribution in [0.15, 0.2) is 37.4 Å². The molecule has 0 amide bonds. The Labute approximate surface area is 80.4 Å². The lowest BCUT2D eigenvalue weighted by Crippen LogP contribution is -1.76. The van der Waals surface area contributed by atoms with Crippen molar-refractivity contribution in [2.75, 3.05) is 14.2 Å². The van der Waals surface area contributed by atoms with Gasteiger partial charge in [-0.15, -0.1) is 0 Å². The van der Waals surface area contributed by atoms with Crippen molar-refractivity contribution in [3.8, 4) is 0 Å². The van der Waals surface area contributed by atoms with Crippen molar-refractivity contribution in [3.05, 3.63) is 48.6 Å². The van der Waals surface area contributed by atoms with E-state index in [9.17, 15) is 0 Å².